The molecule has 1 fully saturated rings. The van der Waals surface area contributed by atoms with Gasteiger partial charge in [0, 0.05) is 76.4 Å². The second-order valence-corrected chi connectivity index (χ2v) is 10.2. The fraction of sp³-hybridized carbons (Fsp3) is 0.714. The van der Waals surface area contributed by atoms with E-state index in [2.05, 4.69) is 10.2 Å². The van der Waals surface area contributed by atoms with Gasteiger partial charge in [0.25, 0.3) is 5.91 Å². The number of likely N-dealkylation sites (N-methyl/N-ethyl adjacent to an activating group) is 2. The zero-order valence-electron chi connectivity index (χ0n) is 24.7. The molecule has 1 aromatic rings. The Kier molecular flexibility index (Phi) is 18.4. The monoisotopic (exact) mass is 592 g/mol. The van der Waals surface area contributed by atoms with Crippen molar-refractivity contribution in [2.24, 2.45) is 0 Å². The van der Waals surface area contributed by atoms with Crippen LogP contribution in [0, 0.1) is 0 Å². The minimum atomic E-state index is -0.0263. The first-order chi connectivity index (χ1) is 17.7. The maximum absolute atomic E-state index is 13.6. The third kappa shape index (κ3) is 11.7. The Labute approximate surface area is 247 Å². The molecule has 2 atom stereocenters. The van der Waals surface area contributed by atoms with E-state index in [0.29, 0.717) is 43.2 Å². The quantitative estimate of drug-likeness (QED) is 0.311. The fourth-order valence-electron chi connectivity index (χ4n) is 4.71. The molecule has 1 N–H and O–H groups in total. The Bertz CT molecular complexity index is 851. The van der Waals surface area contributed by atoms with E-state index in [4.69, 9.17) is 14.2 Å². The van der Waals surface area contributed by atoms with Crippen molar-refractivity contribution in [1.82, 2.24) is 20.0 Å². The molecule has 39 heavy (non-hydrogen) atoms. The molecule has 0 bridgehead atoms. The number of rotatable bonds is 15. The van der Waals surface area contributed by atoms with Crippen LogP contribution in [0.3, 0.4) is 0 Å². The average molecular weight is 594 g/mol. The van der Waals surface area contributed by atoms with Crippen LogP contribution in [0.2, 0.25) is 0 Å². The fourth-order valence-corrected chi connectivity index (χ4v) is 4.71. The van der Waals surface area contributed by atoms with Gasteiger partial charge in [-0.2, -0.15) is 0 Å². The van der Waals surface area contributed by atoms with Crippen LogP contribution in [0.1, 0.15) is 56.8 Å². The maximum atomic E-state index is 13.6. The first-order valence-corrected chi connectivity index (χ1v) is 13.5. The number of piperidine rings is 1. The molecule has 2 rings (SSSR count). The van der Waals surface area contributed by atoms with Crippen molar-refractivity contribution >= 4 is 36.6 Å². The highest BCUT2D eigenvalue weighted by Gasteiger charge is 2.32. The summed E-state index contributed by atoms with van der Waals surface area (Å²) in [5, 5.41) is 3.55. The smallest absolute Gasteiger partial charge is 0.254 e. The molecule has 0 spiro atoms. The van der Waals surface area contributed by atoms with E-state index in [9.17, 15) is 9.59 Å². The molecule has 0 aromatic heterocycles. The highest BCUT2D eigenvalue weighted by atomic mass is 35.5. The predicted molar refractivity (Wildman–Crippen MR) is 161 cm³/mol. The highest BCUT2D eigenvalue weighted by Crippen LogP contribution is 2.30. The molecule has 11 heteroatoms. The van der Waals surface area contributed by atoms with Crippen LogP contribution in [0.5, 0.6) is 11.5 Å². The van der Waals surface area contributed by atoms with Gasteiger partial charge in [0.05, 0.1) is 13.7 Å². The molecule has 0 saturated carbocycles. The second-order valence-electron chi connectivity index (χ2n) is 10.2. The SMILES string of the molecule is CCN(CCN(C)C)C(=O)C[C@@H]1CC[C@@H](N(C(=O)c2ccc(OC)c(OCCCOC)c2)C(C)C)CN1.Cl.Cl. The third-order valence-corrected chi connectivity index (χ3v) is 6.81. The standard InChI is InChI=1S/C28H48N4O5.2ClH/c1-8-31(15-14-30(4)5)27(33)19-23-11-12-24(20-29-23)32(21(2)3)28(34)22-10-13-25(36-7)26(18-22)37-17-9-16-35-6;;/h10,13,18,21,23-24,29H,8-9,11-12,14-17,19-20H2,1-7H3;2*1H/t23-,24+;;/m0../s1. The highest BCUT2D eigenvalue weighted by molar-refractivity contribution is 5.95. The number of carbonyl (C=O) groups excluding carboxylic acids is 2. The van der Waals surface area contributed by atoms with E-state index in [0.717, 1.165) is 38.9 Å². The normalized spacial score (nSPS) is 16.7. The Morgan fingerprint density at radius 3 is 2.31 bits per heavy atom. The molecule has 9 nitrogen and oxygen atoms in total. The van der Waals surface area contributed by atoms with Crippen LogP contribution in [0.25, 0.3) is 0 Å². The molecule has 1 heterocycles. The summed E-state index contributed by atoms with van der Waals surface area (Å²) in [6, 6.07) is 5.58. The van der Waals surface area contributed by atoms with E-state index in [1.54, 1.807) is 32.4 Å². The zero-order chi connectivity index (χ0) is 27.4. The van der Waals surface area contributed by atoms with Crippen LogP contribution in [0.4, 0.5) is 0 Å². The van der Waals surface area contributed by atoms with Crippen molar-refractivity contribution in [1.29, 1.82) is 0 Å². The maximum Gasteiger partial charge on any atom is 0.254 e. The van der Waals surface area contributed by atoms with Crippen LogP contribution >= 0.6 is 24.8 Å². The number of amides is 2. The molecule has 1 aliphatic rings. The summed E-state index contributed by atoms with van der Waals surface area (Å²) in [4.78, 5) is 32.5. The van der Waals surface area contributed by atoms with Gasteiger partial charge in [-0.15, -0.1) is 24.8 Å². The number of methoxy groups -OCH3 is 2. The summed E-state index contributed by atoms with van der Waals surface area (Å²) in [6.07, 6.45) is 2.95. The molecular weight excluding hydrogens is 543 g/mol. The number of nitrogens with one attached hydrogen (secondary N) is 1. The molecule has 1 saturated heterocycles. The van der Waals surface area contributed by atoms with E-state index in [1.165, 1.54) is 0 Å². The number of benzene rings is 1. The number of hydrogen-bond donors (Lipinski definition) is 1. The second kappa shape index (κ2) is 19.3. The molecule has 1 aliphatic heterocycles. The molecule has 1 aromatic carbocycles. The van der Waals surface area contributed by atoms with E-state index < -0.39 is 0 Å². The largest absolute Gasteiger partial charge is 0.493 e. The van der Waals surface area contributed by atoms with Crippen molar-refractivity contribution in [2.75, 3.05) is 67.7 Å². The summed E-state index contributed by atoms with van der Waals surface area (Å²) in [6.45, 7) is 10.2. The van der Waals surface area contributed by atoms with Gasteiger partial charge in [0.1, 0.15) is 0 Å². The van der Waals surface area contributed by atoms with Crippen molar-refractivity contribution in [3.63, 3.8) is 0 Å². The van der Waals surface area contributed by atoms with Gasteiger partial charge in [-0.25, -0.2) is 0 Å². The van der Waals surface area contributed by atoms with Crippen LogP contribution in [-0.2, 0) is 9.53 Å². The van der Waals surface area contributed by atoms with Gasteiger partial charge in [-0.1, -0.05) is 0 Å². The number of hydrogen-bond acceptors (Lipinski definition) is 7. The minimum absolute atomic E-state index is 0. The Morgan fingerprint density at radius 1 is 1.05 bits per heavy atom. The van der Waals surface area contributed by atoms with Gasteiger partial charge in [0.2, 0.25) is 5.91 Å². The first kappa shape index (κ1) is 37.2. The first-order valence-electron chi connectivity index (χ1n) is 13.5. The van der Waals surface area contributed by atoms with Crippen molar-refractivity contribution in [3.05, 3.63) is 23.8 Å². The summed E-state index contributed by atoms with van der Waals surface area (Å²) in [7, 11) is 7.29. The molecule has 0 unspecified atom stereocenters. The Morgan fingerprint density at radius 2 is 1.77 bits per heavy atom. The van der Waals surface area contributed by atoms with E-state index in [1.807, 2.05) is 44.7 Å². The lowest BCUT2D eigenvalue weighted by molar-refractivity contribution is -0.131. The molecule has 2 amide bonds. The van der Waals surface area contributed by atoms with E-state index >= 15 is 0 Å². The lowest BCUT2D eigenvalue weighted by Crippen LogP contribution is -2.54. The topological polar surface area (TPSA) is 83.6 Å². The molecular formula is C28H50Cl2N4O5. The van der Waals surface area contributed by atoms with Gasteiger partial charge >= 0.3 is 0 Å². The van der Waals surface area contributed by atoms with Crippen molar-refractivity contribution in [3.8, 4) is 11.5 Å². The summed E-state index contributed by atoms with van der Waals surface area (Å²) < 4.78 is 16.4. The molecule has 0 radical (unpaired) electrons. The van der Waals surface area contributed by atoms with Gasteiger partial charge in [-0.3, -0.25) is 9.59 Å². The Balaban J connectivity index is 0.00000722. The third-order valence-electron chi connectivity index (χ3n) is 6.81. The van der Waals surface area contributed by atoms with Crippen molar-refractivity contribution < 1.29 is 23.8 Å². The van der Waals surface area contributed by atoms with E-state index in [-0.39, 0.29) is 54.8 Å². The van der Waals surface area contributed by atoms with Crippen LogP contribution in [0.15, 0.2) is 18.2 Å². The van der Waals surface area contributed by atoms with Gasteiger partial charge in [-0.05, 0) is 65.9 Å². The number of ether oxygens (including phenoxy) is 3. The average Bonchev–Trinajstić information content (AvgIpc) is 2.87. The van der Waals surface area contributed by atoms with Gasteiger partial charge in [0.15, 0.2) is 11.5 Å². The number of halogens is 2. The molecule has 226 valence electrons. The zero-order valence-corrected chi connectivity index (χ0v) is 26.4. The molecule has 0 aliphatic carbocycles. The number of carbonyl (C=O) groups is 2. The summed E-state index contributed by atoms with van der Waals surface area (Å²) >= 11 is 0. The lowest BCUT2D eigenvalue weighted by atomic mass is 9.95. The lowest BCUT2D eigenvalue weighted by Gasteiger charge is -2.40. The predicted octanol–water partition coefficient (Wildman–Crippen LogP) is 3.73. The number of nitrogens with zero attached hydrogens (tertiary/aromatic N) is 3. The minimum Gasteiger partial charge on any atom is -0.493 e. The summed E-state index contributed by atoms with van der Waals surface area (Å²) in [5.41, 5.74) is 0.577. The Hall–Kier alpha value is -1.78. The van der Waals surface area contributed by atoms with Crippen LogP contribution < -0.4 is 14.8 Å². The van der Waals surface area contributed by atoms with Crippen molar-refractivity contribution in [2.45, 2.75) is 64.6 Å². The van der Waals surface area contributed by atoms with Crippen LogP contribution in [-0.4, -0.2) is 112 Å². The van der Waals surface area contributed by atoms with Gasteiger partial charge < -0.3 is 34.2 Å². The summed E-state index contributed by atoms with van der Waals surface area (Å²) in [5.74, 6) is 1.32.